The molecule has 3 nitrogen and oxygen atoms in total. The lowest BCUT2D eigenvalue weighted by Gasteiger charge is -2.29. The molecule has 0 amide bonds. The first-order chi connectivity index (χ1) is 8.36. The van der Waals surface area contributed by atoms with Gasteiger partial charge in [-0.2, -0.15) is 0 Å². The number of rotatable bonds is 5. The van der Waals surface area contributed by atoms with Crippen LogP contribution in [0.25, 0.3) is 0 Å². The Labute approximate surface area is 108 Å². The molecule has 1 aliphatic carbocycles. The molecule has 1 atom stereocenters. The van der Waals surface area contributed by atoms with E-state index in [0.717, 1.165) is 18.8 Å². The quantitative estimate of drug-likeness (QED) is 0.874. The van der Waals surface area contributed by atoms with E-state index in [1.165, 1.54) is 42.7 Å². The monoisotopic (exact) mass is 253 g/mol. The van der Waals surface area contributed by atoms with E-state index >= 15 is 0 Å². The van der Waals surface area contributed by atoms with Crippen LogP contribution in [0.4, 0.5) is 0 Å². The van der Waals surface area contributed by atoms with Crippen molar-refractivity contribution in [1.29, 1.82) is 0 Å². The zero-order chi connectivity index (χ0) is 12.1. The molecule has 2 rings (SSSR count). The van der Waals surface area contributed by atoms with E-state index in [9.17, 15) is 0 Å². The molecular formula is C13H23N3S. The summed E-state index contributed by atoms with van der Waals surface area (Å²) in [5, 5.41) is 7.80. The van der Waals surface area contributed by atoms with Crippen molar-refractivity contribution in [2.75, 3.05) is 7.05 Å². The average molecular weight is 253 g/mol. The van der Waals surface area contributed by atoms with Crippen LogP contribution in [0.2, 0.25) is 0 Å². The molecule has 0 spiro atoms. The summed E-state index contributed by atoms with van der Waals surface area (Å²) in [6.07, 6.45) is 9.12. The molecule has 0 aromatic carbocycles. The van der Waals surface area contributed by atoms with E-state index in [0.29, 0.717) is 6.04 Å². The van der Waals surface area contributed by atoms with Crippen molar-refractivity contribution in [3.8, 4) is 0 Å². The normalized spacial score (nSPS) is 19.4. The Morgan fingerprint density at radius 2 is 2.12 bits per heavy atom. The molecule has 0 aliphatic heterocycles. The van der Waals surface area contributed by atoms with Gasteiger partial charge in [0.05, 0.1) is 10.6 Å². The van der Waals surface area contributed by atoms with Crippen LogP contribution >= 0.6 is 11.5 Å². The van der Waals surface area contributed by atoms with Crippen LogP contribution in [0, 0.1) is 5.92 Å². The molecule has 1 unspecified atom stereocenters. The molecule has 1 aromatic rings. The molecule has 4 heteroatoms. The molecule has 1 fully saturated rings. The molecule has 1 aromatic heterocycles. The highest BCUT2D eigenvalue weighted by molar-refractivity contribution is 7.05. The van der Waals surface area contributed by atoms with Gasteiger partial charge in [-0.25, -0.2) is 0 Å². The second-order valence-electron chi connectivity index (χ2n) is 5.00. The third-order valence-electron chi connectivity index (χ3n) is 3.79. The van der Waals surface area contributed by atoms with Gasteiger partial charge in [0.2, 0.25) is 0 Å². The molecule has 1 N–H and O–H groups in total. The zero-order valence-electron chi connectivity index (χ0n) is 10.9. The van der Waals surface area contributed by atoms with E-state index in [1.807, 2.05) is 0 Å². The Morgan fingerprint density at radius 3 is 2.76 bits per heavy atom. The van der Waals surface area contributed by atoms with Gasteiger partial charge in [0.15, 0.2) is 0 Å². The Balaban J connectivity index is 2.12. The topological polar surface area (TPSA) is 37.8 Å². The number of aromatic nitrogens is 2. The summed E-state index contributed by atoms with van der Waals surface area (Å²) >= 11 is 1.59. The SMILES string of the molecule is CCCc1nnsc1C(NC)C1CCCCC1. The van der Waals surface area contributed by atoms with Gasteiger partial charge < -0.3 is 5.32 Å². The summed E-state index contributed by atoms with van der Waals surface area (Å²) in [5.74, 6) is 0.784. The van der Waals surface area contributed by atoms with Crippen molar-refractivity contribution in [2.45, 2.75) is 57.9 Å². The molecule has 1 saturated carbocycles. The van der Waals surface area contributed by atoms with Crippen molar-refractivity contribution in [3.05, 3.63) is 10.6 Å². The van der Waals surface area contributed by atoms with Gasteiger partial charge in [0.1, 0.15) is 0 Å². The minimum Gasteiger partial charge on any atom is -0.312 e. The Kier molecular flexibility index (Phi) is 4.92. The second kappa shape index (κ2) is 6.45. The largest absolute Gasteiger partial charge is 0.312 e. The van der Waals surface area contributed by atoms with Gasteiger partial charge in [-0.05, 0) is 43.8 Å². The van der Waals surface area contributed by atoms with E-state index in [-0.39, 0.29) is 0 Å². The summed E-state index contributed by atoms with van der Waals surface area (Å²) in [5.41, 5.74) is 1.22. The van der Waals surface area contributed by atoms with Gasteiger partial charge in [-0.15, -0.1) is 5.10 Å². The Morgan fingerprint density at radius 1 is 1.35 bits per heavy atom. The van der Waals surface area contributed by atoms with Crippen LogP contribution in [0.1, 0.15) is 62.1 Å². The lowest BCUT2D eigenvalue weighted by Crippen LogP contribution is -2.27. The Bertz CT molecular complexity index is 331. The van der Waals surface area contributed by atoms with Crippen molar-refractivity contribution in [3.63, 3.8) is 0 Å². The predicted molar refractivity (Wildman–Crippen MR) is 72.3 cm³/mol. The molecular weight excluding hydrogens is 230 g/mol. The lowest BCUT2D eigenvalue weighted by molar-refractivity contribution is 0.283. The van der Waals surface area contributed by atoms with E-state index < -0.39 is 0 Å². The lowest BCUT2D eigenvalue weighted by atomic mass is 9.83. The third kappa shape index (κ3) is 3.05. The number of nitrogens with zero attached hydrogens (tertiary/aromatic N) is 2. The fraction of sp³-hybridized carbons (Fsp3) is 0.846. The summed E-state index contributed by atoms with van der Waals surface area (Å²) < 4.78 is 4.16. The first kappa shape index (κ1) is 13.0. The first-order valence-corrected chi connectivity index (χ1v) is 7.62. The minimum atomic E-state index is 0.483. The molecule has 0 saturated heterocycles. The van der Waals surface area contributed by atoms with Crippen molar-refractivity contribution in [1.82, 2.24) is 14.9 Å². The van der Waals surface area contributed by atoms with Crippen molar-refractivity contribution >= 4 is 11.5 Å². The highest BCUT2D eigenvalue weighted by atomic mass is 32.1. The number of hydrogen-bond acceptors (Lipinski definition) is 4. The van der Waals surface area contributed by atoms with Gasteiger partial charge in [0.25, 0.3) is 0 Å². The average Bonchev–Trinajstić information content (AvgIpc) is 2.81. The summed E-state index contributed by atoms with van der Waals surface area (Å²) in [4.78, 5) is 1.39. The minimum absolute atomic E-state index is 0.483. The smallest absolute Gasteiger partial charge is 0.0803 e. The molecule has 1 heterocycles. The number of nitrogens with one attached hydrogen (secondary N) is 1. The van der Waals surface area contributed by atoms with E-state index in [2.05, 4.69) is 28.9 Å². The van der Waals surface area contributed by atoms with Crippen LogP contribution in [-0.2, 0) is 6.42 Å². The van der Waals surface area contributed by atoms with E-state index in [1.54, 1.807) is 11.5 Å². The van der Waals surface area contributed by atoms with Gasteiger partial charge in [0, 0.05) is 6.04 Å². The maximum absolute atomic E-state index is 4.30. The summed E-state index contributed by atoms with van der Waals surface area (Å²) in [6, 6.07) is 0.483. The fourth-order valence-corrected chi connectivity index (χ4v) is 3.81. The van der Waals surface area contributed by atoms with Gasteiger partial charge in [-0.3, -0.25) is 0 Å². The molecule has 17 heavy (non-hydrogen) atoms. The predicted octanol–water partition coefficient (Wildman–Crippen LogP) is 3.33. The van der Waals surface area contributed by atoms with E-state index in [4.69, 9.17) is 0 Å². The molecule has 0 radical (unpaired) electrons. The maximum Gasteiger partial charge on any atom is 0.0803 e. The van der Waals surface area contributed by atoms with Crippen LogP contribution in [0.5, 0.6) is 0 Å². The van der Waals surface area contributed by atoms with Crippen LogP contribution in [0.15, 0.2) is 0 Å². The second-order valence-corrected chi connectivity index (χ2v) is 5.78. The first-order valence-electron chi connectivity index (χ1n) is 6.85. The maximum atomic E-state index is 4.30. The third-order valence-corrected chi connectivity index (χ3v) is 4.64. The number of aryl methyl sites for hydroxylation is 1. The fourth-order valence-electron chi connectivity index (χ4n) is 2.91. The molecule has 0 bridgehead atoms. The Hall–Kier alpha value is -0.480. The molecule has 96 valence electrons. The van der Waals surface area contributed by atoms with Gasteiger partial charge in [-0.1, -0.05) is 37.1 Å². The number of hydrogen-bond donors (Lipinski definition) is 1. The van der Waals surface area contributed by atoms with Crippen molar-refractivity contribution < 1.29 is 0 Å². The highest BCUT2D eigenvalue weighted by Gasteiger charge is 2.27. The summed E-state index contributed by atoms with van der Waals surface area (Å²) in [7, 11) is 2.08. The standard InChI is InChI=1S/C13H23N3S/c1-3-7-11-13(17-16-15-11)12(14-2)10-8-5-4-6-9-10/h10,12,14H,3-9H2,1-2H3. The van der Waals surface area contributed by atoms with Crippen LogP contribution < -0.4 is 5.32 Å². The van der Waals surface area contributed by atoms with Crippen LogP contribution in [0.3, 0.4) is 0 Å². The zero-order valence-corrected chi connectivity index (χ0v) is 11.7. The van der Waals surface area contributed by atoms with Crippen molar-refractivity contribution in [2.24, 2.45) is 5.92 Å². The summed E-state index contributed by atoms with van der Waals surface area (Å²) in [6.45, 7) is 2.21. The van der Waals surface area contributed by atoms with Crippen LogP contribution in [-0.4, -0.2) is 16.6 Å². The molecule has 1 aliphatic rings. The highest BCUT2D eigenvalue weighted by Crippen LogP contribution is 2.36. The van der Waals surface area contributed by atoms with Gasteiger partial charge >= 0.3 is 0 Å².